The topological polar surface area (TPSA) is 60.2 Å². The lowest BCUT2D eigenvalue weighted by Gasteiger charge is -2.27. The fraction of sp³-hybridized carbons (Fsp3) is 0.818. The average Bonchev–Trinajstić information content (AvgIpc) is 2.73. The fourth-order valence-electron chi connectivity index (χ4n) is 2.12. The Labute approximate surface area is 95.4 Å². The van der Waals surface area contributed by atoms with E-state index in [0.29, 0.717) is 25.2 Å². The number of aliphatic hydroxyl groups excluding tert-OH is 1. The molecule has 1 fully saturated rings. The molecular weight excluding hydrogens is 206 g/mol. The molecule has 0 spiro atoms. The van der Waals surface area contributed by atoms with Crippen LogP contribution in [0.4, 0.5) is 0 Å². The highest BCUT2D eigenvalue weighted by atomic mass is 16.5. The van der Waals surface area contributed by atoms with Gasteiger partial charge in [-0.05, 0) is 31.6 Å². The molecule has 1 aromatic heterocycles. The molecule has 0 radical (unpaired) electrons. The van der Waals surface area contributed by atoms with Crippen molar-refractivity contribution in [2.45, 2.75) is 38.4 Å². The Morgan fingerprint density at radius 1 is 1.44 bits per heavy atom. The van der Waals surface area contributed by atoms with Gasteiger partial charge in [0, 0.05) is 13.7 Å². The SMILES string of the molecule is Cn1ncnc1COC1CCC(CO)CC1. The van der Waals surface area contributed by atoms with Crippen LogP contribution >= 0.6 is 0 Å². The van der Waals surface area contributed by atoms with Gasteiger partial charge in [-0.15, -0.1) is 0 Å². The molecular formula is C11H19N3O2. The van der Waals surface area contributed by atoms with Crippen molar-refractivity contribution < 1.29 is 9.84 Å². The van der Waals surface area contributed by atoms with E-state index in [0.717, 1.165) is 31.5 Å². The van der Waals surface area contributed by atoms with Crippen LogP contribution in [-0.4, -0.2) is 32.6 Å². The monoisotopic (exact) mass is 225 g/mol. The Morgan fingerprint density at radius 2 is 2.19 bits per heavy atom. The quantitative estimate of drug-likeness (QED) is 0.826. The van der Waals surface area contributed by atoms with Crippen molar-refractivity contribution in [2.24, 2.45) is 13.0 Å². The summed E-state index contributed by atoms with van der Waals surface area (Å²) in [5, 5.41) is 13.0. The first-order valence-electron chi connectivity index (χ1n) is 5.85. The molecule has 5 heteroatoms. The van der Waals surface area contributed by atoms with E-state index in [9.17, 15) is 0 Å². The second-order valence-electron chi connectivity index (χ2n) is 4.44. The van der Waals surface area contributed by atoms with Gasteiger partial charge in [0.1, 0.15) is 12.9 Å². The van der Waals surface area contributed by atoms with Gasteiger partial charge in [-0.1, -0.05) is 0 Å². The molecule has 2 rings (SSSR count). The van der Waals surface area contributed by atoms with Crippen LogP contribution in [-0.2, 0) is 18.4 Å². The van der Waals surface area contributed by atoms with Crippen molar-refractivity contribution in [1.29, 1.82) is 0 Å². The van der Waals surface area contributed by atoms with Gasteiger partial charge in [0.2, 0.25) is 0 Å². The largest absolute Gasteiger partial charge is 0.396 e. The number of ether oxygens (including phenoxy) is 1. The zero-order chi connectivity index (χ0) is 11.4. The van der Waals surface area contributed by atoms with Crippen LogP contribution in [0.15, 0.2) is 6.33 Å². The van der Waals surface area contributed by atoms with Crippen molar-refractivity contribution in [3.8, 4) is 0 Å². The number of aryl methyl sites for hydroxylation is 1. The molecule has 0 atom stereocenters. The first kappa shape index (κ1) is 11.5. The van der Waals surface area contributed by atoms with Crippen molar-refractivity contribution in [3.63, 3.8) is 0 Å². The predicted octanol–water partition coefficient (Wildman–Crippen LogP) is 0.883. The van der Waals surface area contributed by atoms with Gasteiger partial charge in [-0.3, -0.25) is 4.68 Å². The number of aromatic nitrogens is 3. The summed E-state index contributed by atoms with van der Waals surface area (Å²) in [6.07, 6.45) is 6.09. The highest BCUT2D eigenvalue weighted by Gasteiger charge is 2.21. The number of hydrogen-bond donors (Lipinski definition) is 1. The molecule has 0 unspecified atom stereocenters. The molecule has 1 aliphatic carbocycles. The van der Waals surface area contributed by atoms with Crippen molar-refractivity contribution in [2.75, 3.05) is 6.61 Å². The molecule has 0 aliphatic heterocycles. The Kier molecular flexibility index (Phi) is 3.90. The van der Waals surface area contributed by atoms with Crippen molar-refractivity contribution in [1.82, 2.24) is 14.8 Å². The molecule has 1 N–H and O–H groups in total. The van der Waals surface area contributed by atoms with Crippen LogP contribution in [0.1, 0.15) is 31.5 Å². The molecule has 5 nitrogen and oxygen atoms in total. The summed E-state index contributed by atoms with van der Waals surface area (Å²) >= 11 is 0. The molecule has 0 bridgehead atoms. The standard InChI is InChI=1S/C11H19N3O2/c1-14-11(12-8-13-14)7-16-10-4-2-9(6-15)3-5-10/h8-10,15H,2-7H2,1H3. The van der Waals surface area contributed by atoms with E-state index in [2.05, 4.69) is 10.1 Å². The fourth-order valence-corrected chi connectivity index (χ4v) is 2.12. The van der Waals surface area contributed by atoms with Crippen LogP contribution in [0.2, 0.25) is 0 Å². The van der Waals surface area contributed by atoms with Gasteiger partial charge in [0.25, 0.3) is 0 Å². The normalized spacial score (nSPS) is 25.9. The first-order chi connectivity index (χ1) is 7.79. The highest BCUT2D eigenvalue weighted by molar-refractivity contribution is 4.81. The number of rotatable bonds is 4. The van der Waals surface area contributed by atoms with Gasteiger partial charge in [-0.2, -0.15) is 5.10 Å². The summed E-state index contributed by atoms with van der Waals surface area (Å²) in [4.78, 5) is 4.12. The summed E-state index contributed by atoms with van der Waals surface area (Å²) in [6.45, 7) is 0.848. The van der Waals surface area contributed by atoms with E-state index in [4.69, 9.17) is 9.84 Å². The Hall–Kier alpha value is -0.940. The summed E-state index contributed by atoms with van der Waals surface area (Å²) in [6, 6.07) is 0. The van der Waals surface area contributed by atoms with Crippen molar-refractivity contribution in [3.05, 3.63) is 12.2 Å². The molecule has 90 valence electrons. The first-order valence-corrected chi connectivity index (χ1v) is 5.85. The van der Waals surface area contributed by atoms with Crippen molar-refractivity contribution >= 4 is 0 Å². The molecule has 0 aromatic carbocycles. The van der Waals surface area contributed by atoms with Crippen LogP contribution in [0.5, 0.6) is 0 Å². The van der Waals surface area contributed by atoms with Gasteiger partial charge >= 0.3 is 0 Å². The molecule has 1 saturated carbocycles. The van der Waals surface area contributed by atoms with Crippen LogP contribution < -0.4 is 0 Å². The second kappa shape index (κ2) is 5.41. The minimum absolute atomic E-state index is 0.315. The number of aliphatic hydroxyl groups is 1. The molecule has 0 saturated heterocycles. The van der Waals surface area contributed by atoms with E-state index in [-0.39, 0.29) is 0 Å². The Morgan fingerprint density at radius 3 is 2.75 bits per heavy atom. The van der Waals surface area contributed by atoms with Gasteiger partial charge < -0.3 is 9.84 Å². The summed E-state index contributed by atoms with van der Waals surface area (Å²) < 4.78 is 7.53. The third-order valence-electron chi connectivity index (χ3n) is 3.31. The maximum atomic E-state index is 9.03. The lowest BCUT2D eigenvalue weighted by molar-refractivity contribution is -0.00270. The molecule has 16 heavy (non-hydrogen) atoms. The average molecular weight is 225 g/mol. The summed E-state index contributed by atoms with van der Waals surface area (Å²) in [7, 11) is 1.87. The van der Waals surface area contributed by atoms with Gasteiger partial charge in [-0.25, -0.2) is 4.98 Å². The minimum Gasteiger partial charge on any atom is -0.396 e. The maximum Gasteiger partial charge on any atom is 0.152 e. The van der Waals surface area contributed by atoms with E-state index in [1.54, 1.807) is 11.0 Å². The third kappa shape index (κ3) is 2.80. The maximum absolute atomic E-state index is 9.03. The van der Waals surface area contributed by atoms with Crippen LogP contribution in [0, 0.1) is 5.92 Å². The Bertz CT molecular complexity index is 319. The van der Waals surface area contributed by atoms with Crippen LogP contribution in [0.3, 0.4) is 0 Å². The number of hydrogen-bond acceptors (Lipinski definition) is 4. The lowest BCUT2D eigenvalue weighted by Crippen LogP contribution is -2.23. The lowest BCUT2D eigenvalue weighted by atomic mass is 9.88. The van der Waals surface area contributed by atoms with E-state index in [1.807, 2.05) is 7.05 Å². The van der Waals surface area contributed by atoms with Gasteiger partial charge in [0.05, 0.1) is 6.10 Å². The predicted molar refractivity (Wildman–Crippen MR) is 58.6 cm³/mol. The molecule has 0 amide bonds. The summed E-state index contributed by atoms with van der Waals surface area (Å²) in [5.41, 5.74) is 0. The Balaban J connectivity index is 1.73. The summed E-state index contributed by atoms with van der Waals surface area (Å²) in [5.74, 6) is 1.35. The smallest absolute Gasteiger partial charge is 0.152 e. The van der Waals surface area contributed by atoms with Crippen LogP contribution in [0.25, 0.3) is 0 Å². The van der Waals surface area contributed by atoms with E-state index >= 15 is 0 Å². The number of nitrogens with zero attached hydrogens (tertiary/aromatic N) is 3. The second-order valence-corrected chi connectivity index (χ2v) is 4.44. The van der Waals surface area contributed by atoms with E-state index in [1.165, 1.54) is 0 Å². The molecule has 1 aliphatic rings. The zero-order valence-corrected chi connectivity index (χ0v) is 9.67. The third-order valence-corrected chi connectivity index (χ3v) is 3.31. The molecule has 1 aromatic rings. The zero-order valence-electron chi connectivity index (χ0n) is 9.67. The molecule has 1 heterocycles. The van der Waals surface area contributed by atoms with E-state index < -0.39 is 0 Å². The minimum atomic E-state index is 0.315. The van der Waals surface area contributed by atoms with Gasteiger partial charge in [0.15, 0.2) is 5.82 Å². The highest BCUT2D eigenvalue weighted by Crippen LogP contribution is 2.26.